The Labute approximate surface area is 70.0 Å². The zero-order chi connectivity index (χ0) is 8.48. The van der Waals surface area contributed by atoms with Gasteiger partial charge in [-0.25, -0.2) is 0 Å². The minimum atomic E-state index is 0.220. The molecule has 1 aliphatic rings. The lowest BCUT2D eigenvalue weighted by atomic mass is 9.68. The average Bonchev–Trinajstić information content (AvgIpc) is 2.00. The van der Waals surface area contributed by atoms with Gasteiger partial charge >= 0.3 is 0 Å². The summed E-state index contributed by atoms with van der Waals surface area (Å²) in [4.78, 5) is 0. The van der Waals surface area contributed by atoms with E-state index in [-0.39, 0.29) is 5.41 Å². The Morgan fingerprint density at radius 2 is 2.27 bits per heavy atom. The lowest BCUT2D eigenvalue weighted by Gasteiger charge is -2.37. The molecule has 62 valence electrons. The summed E-state index contributed by atoms with van der Waals surface area (Å²) in [7, 11) is 0. The second kappa shape index (κ2) is 2.84. The van der Waals surface area contributed by atoms with Gasteiger partial charge in [0, 0.05) is 5.41 Å². The van der Waals surface area contributed by atoms with Gasteiger partial charge in [0.1, 0.15) is 0 Å². The van der Waals surface area contributed by atoms with Crippen LogP contribution in [0.4, 0.5) is 0 Å². The van der Waals surface area contributed by atoms with Crippen LogP contribution in [0, 0.1) is 11.3 Å². The second-order valence-corrected chi connectivity index (χ2v) is 3.94. The predicted molar refractivity (Wildman–Crippen MR) is 50.5 cm³/mol. The lowest BCUT2D eigenvalue weighted by Crippen LogP contribution is -2.24. The van der Waals surface area contributed by atoms with Gasteiger partial charge in [-0.15, -0.1) is 6.58 Å². The van der Waals surface area contributed by atoms with Crippen molar-refractivity contribution in [3.63, 3.8) is 0 Å². The maximum atomic E-state index is 4.15. The van der Waals surface area contributed by atoms with E-state index in [2.05, 4.69) is 33.1 Å². The maximum Gasteiger partial charge on any atom is 0.00598 e. The number of rotatable bonds is 1. The Balaban J connectivity index is 2.80. The summed E-state index contributed by atoms with van der Waals surface area (Å²) >= 11 is 0. The highest BCUT2D eigenvalue weighted by molar-refractivity contribution is 5.20. The molecule has 0 spiro atoms. The molecule has 1 fully saturated rings. The highest BCUT2D eigenvalue weighted by Crippen LogP contribution is 2.43. The van der Waals surface area contributed by atoms with Crippen molar-refractivity contribution in [3.05, 3.63) is 24.8 Å². The fraction of sp³-hybridized carbons (Fsp3) is 0.636. The molecule has 0 heterocycles. The molecule has 1 aliphatic carbocycles. The molecule has 0 radical (unpaired) electrons. The first-order valence-corrected chi connectivity index (χ1v) is 4.43. The lowest BCUT2D eigenvalue weighted by molar-refractivity contribution is 0.328. The molecule has 0 aliphatic heterocycles. The molecule has 1 rings (SSSR count). The highest BCUT2D eigenvalue weighted by Gasteiger charge is 2.30. The van der Waals surface area contributed by atoms with Crippen molar-refractivity contribution < 1.29 is 0 Å². The number of allylic oxidation sites excluding steroid dienone is 2. The monoisotopic (exact) mass is 150 g/mol. The fourth-order valence-corrected chi connectivity index (χ4v) is 1.91. The van der Waals surface area contributed by atoms with Crippen molar-refractivity contribution in [1.82, 2.24) is 0 Å². The third-order valence-electron chi connectivity index (χ3n) is 3.11. The minimum Gasteiger partial charge on any atom is -0.102 e. The first-order chi connectivity index (χ1) is 5.10. The summed E-state index contributed by atoms with van der Waals surface area (Å²) < 4.78 is 0. The Kier molecular flexibility index (Phi) is 2.22. The van der Waals surface area contributed by atoms with Crippen LogP contribution in [0.3, 0.4) is 0 Å². The Morgan fingerprint density at radius 3 is 2.73 bits per heavy atom. The summed E-state index contributed by atoms with van der Waals surface area (Å²) in [6.45, 7) is 12.5. The van der Waals surface area contributed by atoms with E-state index in [1.165, 1.54) is 24.8 Å². The van der Waals surface area contributed by atoms with Crippen molar-refractivity contribution in [1.29, 1.82) is 0 Å². The summed E-state index contributed by atoms with van der Waals surface area (Å²) in [5.41, 5.74) is 1.59. The summed E-state index contributed by atoms with van der Waals surface area (Å²) in [6, 6.07) is 0. The predicted octanol–water partition coefficient (Wildman–Crippen LogP) is 3.55. The zero-order valence-corrected chi connectivity index (χ0v) is 7.69. The summed E-state index contributed by atoms with van der Waals surface area (Å²) in [5, 5.41) is 0. The van der Waals surface area contributed by atoms with E-state index in [0.717, 1.165) is 0 Å². The van der Waals surface area contributed by atoms with Crippen molar-refractivity contribution in [2.24, 2.45) is 11.3 Å². The van der Waals surface area contributed by atoms with Gasteiger partial charge in [0.15, 0.2) is 0 Å². The van der Waals surface area contributed by atoms with Gasteiger partial charge in [-0.3, -0.25) is 0 Å². The molecule has 2 atom stereocenters. The topological polar surface area (TPSA) is 0 Å². The van der Waals surface area contributed by atoms with E-state index in [0.29, 0.717) is 5.92 Å². The second-order valence-electron chi connectivity index (χ2n) is 3.94. The summed E-state index contributed by atoms with van der Waals surface area (Å²) in [6.07, 6.45) is 5.93. The molecule has 0 nitrogen and oxygen atoms in total. The third-order valence-corrected chi connectivity index (χ3v) is 3.11. The molecule has 0 aromatic rings. The van der Waals surface area contributed by atoms with Crippen molar-refractivity contribution in [2.45, 2.75) is 33.1 Å². The van der Waals surface area contributed by atoms with Crippen LogP contribution in [0.15, 0.2) is 24.8 Å². The van der Waals surface area contributed by atoms with Crippen LogP contribution >= 0.6 is 0 Å². The highest BCUT2D eigenvalue weighted by atomic mass is 14.3. The zero-order valence-electron chi connectivity index (χ0n) is 7.69. The van der Waals surface area contributed by atoms with E-state index in [4.69, 9.17) is 0 Å². The van der Waals surface area contributed by atoms with Crippen molar-refractivity contribution in [3.8, 4) is 0 Å². The van der Waals surface area contributed by atoms with Crippen LogP contribution in [0.25, 0.3) is 0 Å². The summed E-state index contributed by atoms with van der Waals surface area (Å²) in [5.74, 6) is 0.687. The molecule has 11 heavy (non-hydrogen) atoms. The van der Waals surface area contributed by atoms with E-state index in [1.807, 2.05) is 0 Å². The van der Waals surface area contributed by atoms with Crippen LogP contribution in [-0.2, 0) is 0 Å². The van der Waals surface area contributed by atoms with E-state index in [9.17, 15) is 0 Å². The molecule has 0 amide bonds. The fourth-order valence-electron chi connectivity index (χ4n) is 1.91. The van der Waals surface area contributed by atoms with Gasteiger partial charge < -0.3 is 0 Å². The average molecular weight is 150 g/mol. The van der Waals surface area contributed by atoms with Crippen LogP contribution < -0.4 is 0 Å². The van der Waals surface area contributed by atoms with E-state index >= 15 is 0 Å². The Bertz CT molecular complexity index is 178. The SMILES string of the molecule is C=C[C@]1(C)CCC[C@@H](C)C1=C. The van der Waals surface area contributed by atoms with Crippen molar-refractivity contribution >= 4 is 0 Å². The first-order valence-electron chi connectivity index (χ1n) is 4.43. The first kappa shape index (κ1) is 8.58. The van der Waals surface area contributed by atoms with Crippen LogP contribution in [0.5, 0.6) is 0 Å². The van der Waals surface area contributed by atoms with Crippen LogP contribution in [0.2, 0.25) is 0 Å². The molecular formula is C11H18. The van der Waals surface area contributed by atoms with E-state index in [1.54, 1.807) is 0 Å². The molecule has 0 bridgehead atoms. The normalized spacial score (nSPS) is 38.7. The molecular weight excluding hydrogens is 132 g/mol. The molecule has 1 saturated carbocycles. The minimum absolute atomic E-state index is 0.220. The van der Waals surface area contributed by atoms with Crippen LogP contribution in [-0.4, -0.2) is 0 Å². The molecule has 0 aromatic carbocycles. The van der Waals surface area contributed by atoms with Crippen molar-refractivity contribution in [2.75, 3.05) is 0 Å². The van der Waals surface area contributed by atoms with E-state index < -0.39 is 0 Å². The van der Waals surface area contributed by atoms with Gasteiger partial charge in [0.05, 0.1) is 0 Å². The molecule has 0 aromatic heterocycles. The number of hydrogen-bond donors (Lipinski definition) is 0. The Morgan fingerprint density at radius 1 is 1.64 bits per heavy atom. The molecule has 0 unspecified atom stereocenters. The third kappa shape index (κ3) is 1.40. The maximum absolute atomic E-state index is 4.15. The van der Waals surface area contributed by atoms with Gasteiger partial charge in [-0.1, -0.05) is 38.5 Å². The van der Waals surface area contributed by atoms with Gasteiger partial charge in [-0.2, -0.15) is 0 Å². The molecule has 0 heteroatoms. The smallest absolute Gasteiger partial charge is 0.00598 e. The standard InChI is InChI=1S/C11H18/c1-5-11(4)8-6-7-9(2)10(11)3/h5,9H,1,3,6-8H2,2,4H3/t9-,11-/m1/s1. The van der Waals surface area contributed by atoms with Gasteiger partial charge in [0.25, 0.3) is 0 Å². The Hall–Kier alpha value is -0.520. The van der Waals surface area contributed by atoms with Gasteiger partial charge in [-0.05, 0) is 18.8 Å². The van der Waals surface area contributed by atoms with Crippen LogP contribution in [0.1, 0.15) is 33.1 Å². The largest absolute Gasteiger partial charge is 0.102 e. The van der Waals surface area contributed by atoms with Gasteiger partial charge in [0.2, 0.25) is 0 Å². The number of hydrogen-bond acceptors (Lipinski definition) is 0. The molecule has 0 saturated heterocycles. The quantitative estimate of drug-likeness (QED) is 0.501. The molecule has 0 N–H and O–H groups in total.